The highest BCUT2D eigenvalue weighted by atomic mass is 19.3. The molecule has 0 aliphatic rings. The van der Waals surface area contributed by atoms with E-state index in [9.17, 15) is 13.6 Å². The van der Waals surface area contributed by atoms with Crippen LogP contribution < -0.4 is 10.6 Å². The predicted molar refractivity (Wildman–Crippen MR) is 76.2 cm³/mol. The number of carbonyl (C=O) groups is 1. The molecule has 0 heterocycles. The van der Waals surface area contributed by atoms with Crippen molar-refractivity contribution in [1.29, 1.82) is 0 Å². The van der Waals surface area contributed by atoms with Crippen molar-refractivity contribution >= 4 is 6.09 Å². The second-order valence-corrected chi connectivity index (χ2v) is 6.12. The zero-order valence-corrected chi connectivity index (χ0v) is 13.3. The maximum atomic E-state index is 12.5. The van der Waals surface area contributed by atoms with Gasteiger partial charge in [-0.3, -0.25) is 0 Å². The van der Waals surface area contributed by atoms with Gasteiger partial charge in [0.05, 0.1) is 11.6 Å². The second kappa shape index (κ2) is 7.76. The van der Waals surface area contributed by atoms with Crippen LogP contribution in [0.1, 0.15) is 54.4 Å². The van der Waals surface area contributed by atoms with Gasteiger partial charge in [-0.1, -0.05) is 13.8 Å². The summed E-state index contributed by atoms with van der Waals surface area (Å²) in [6, 6.07) is -0.909. The topological polar surface area (TPSA) is 50.4 Å². The Balaban J connectivity index is 4.64. The van der Waals surface area contributed by atoms with E-state index < -0.39 is 29.7 Å². The molecule has 1 amide bonds. The zero-order chi connectivity index (χ0) is 16.0. The van der Waals surface area contributed by atoms with Crippen molar-refractivity contribution in [3.63, 3.8) is 0 Å². The van der Waals surface area contributed by atoms with Crippen LogP contribution >= 0.6 is 0 Å². The Bertz CT molecular complexity index is 300. The van der Waals surface area contributed by atoms with Crippen LogP contribution in [-0.4, -0.2) is 36.2 Å². The van der Waals surface area contributed by atoms with Gasteiger partial charge in [0.15, 0.2) is 0 Å². The first-order chi connectivity index (χ1) is 9.05. The number of nitrogens with one attached hydrogen (secondary N) is 2. The minimum Gasteiger partial charge on any atom is -0.444 e. The fourth-order valence-electron chi connectivity index (χ4n) is 1.69. The summed E-state index contributed by atoms with van der Waals surface area (Å²) < 4.78 is 30.3. The van der Waals surface area contributed by atoms with E-state index in [0.717, 1.165) is 0 Å². The normalized spacial score (nSPS) is 14.2. The number of alkyl carbamates (subject to hydrolysis) is 1. The Kier molecular flexibility index (Phi) is 7.41. The number of halogens is 2. The van der Waals surface area contributed by atoms with E-state index >= 15 is 0 Å². The number of hydrogen-bond donors (Lipinski definition) is 2. The number of alkyl halides is 2. The minimum atomic E-state index is -2.43. The molecular formula is C14H28F2N2O2. The molecule has 0 bridgehead atoms. The molecular weight excluding hydrogens is 266 g/mol. The van der Waals surface area contributed by atoms with Gasteiger partial charge in [-0.05, 0) is 40.5 Å². The summed E-state index contributed by atoms with van der Waals surface area (Å²) in [6.45, 7) is 10.9. The molecule has 0 aliphatic heterocycles. The summed E-state index contributed by atoms with van der Waals surface area (Å²) in [6.07, 6.45) is -1.69. The van der Waals surface area contributed by atoms with Crippen LogP contribution in [0.2, 0.25) is 0 Å². The van der Waals surface area contributed by atoms with E-state index in [1.807, 2.05) is 13.8 Å². The first-order valence-corrected chi connectivity index (χ1v) is 7.08. The van der Waals surface area contributed by atoms with E-state index in [4.69, 9.17) is 4.74 Å². The third-order valence-electron chi connectivity index (χ3n) is 3.26. The van der Waals surface area contributed by atoms with Crippen molar-refractivity contribution in [3.8, 4) is 0 Å². The summed E-state index contributed by atoms with van der Waals surface area (Å²) in [4.78, 5) is 11.9. The van der Waals surface area contributed by atoms with Crippen LogP contribution in [0.5, 0.6) is 0 Å². The summed E-state index contributed by atoms with van der Waals surface area (Å²) in [7, 11) is 0. The zero-order valence-electron chi connectivity index (χ0n) is 13.3. The van der Waals surface area contributed by atoms with Crippen LogP contribution in [0.25, 0.3) is 0 Å². The van der Waals surface area contributed by atoms with Crippen molar-refractivity contribution in [2.75, 3.05) is 6.54 Å². The molecule has 2 N–H and O–H groups in total. The van der Waals surface area contributed by atoms with Crippen LogP contribution in [0.15, 0.2) is 0 Å². The second-order valence-electron chi connectivity index (χ2n) is 6.12. The SMILES string of the molecule is CCC(CC)(CNC(C)C(F)F)NC(=O)OC(C)(C)C. The highest BCUT2D eigenvalue weighted by Crippen LogP contribution is 2.17. The monoisotopic (exact) mass is 294 g/mol. The molecule has 0 radical (unpaired) electrons. The summed E-state index contributed by atoms with van der Waals surface area (Å²) in [5.74, 6) is 0. The molecule has 0 aromatic rings. The number of hydrogen-bond acceptors (Lipinski definition) is 3. The molecule has 0 aromatic heterocycles. The molecule has 0 spiro atoms. The molecule has 0 aromatic carbocycles. The number of carbonyl (C=O) groups excluding carboxylic acids is 1. The highest BCUT2D eigenvalue weighted by Gasteiger charge is 2.31. The van der Waals surface area contributed by atoms with Crippen LogP contribution in [-0.2, 0) is 4.74 Å². The van der Waals surface area contributed by atoms with E-state index in [1.54, 1.807) is 20.8 Å². The number of amides is 1. The van der Waals surface area contributed by atoms with Crippen molar-refractivity contribution in [1.82, 2.24) is 10.6 Å². The van der Waals surface area contributed by atoms with E-state index in [0.29, 0.717) is 12.8 Å². The minimum absolute atomic E-state index is 0.282. The molecule has 120 valence electrons. The fraction of sp³-hybridized carbons (Fsp3) is 0.929. The quantitative estimate of drug-likeness (QED) is 0.757. The molecule has 0 saturated heterocycles. The van der Waals surface area contributed by atoms with Gasteiger partial charge in [0.1, 0.15) is 5.60 Å². The lowest BCUT2D eigenvalue weighted by molar-refractivity contribution is 0.0434. The average Bonchev–Trinajstić information content (AvgIpc) is 2.31. The van der Waals surface area contributed by atoms with Gasteiger partial charge < -0.3 is 15.4 Å². The highest BCUT2D eigenvalue weighted by molar-refractivity contribution is 5.68. The van der Waals surface area contributed by atoms with Crippen molar-refractivity contribution in [2.45, 2.75) is 78.0 Å². The van der Waals surface area contributed by atoms with E-state index in [-0.39, 0.29) is 6.54 Å². The van der Waals surface area contributed by atoms with Crippen molar-refractivity contribution < 1.29 is 18.3 Å². The fourth-order valence-corrected chi connectivity index (χ4v) is 1.69. The molecule has 0 saturated carbocycles. The van der Waals surface area contributed by atoms with Crippen LogP contribution in [0.3, 0.4) is 0 Å². The van der Waals surface area contributed by atoms with Crippen LogP contribution in [0, 0.1) is 0 Å². The van der Waals surface area contributed by atoms with Gasteiger partial charge in [0.2, 0.25) is 0 Å². The van der Waals surface area contributed by atoms with Gasteiger partial charge in [-0.15, -0.1) is 0 Å². The summed E-state index contributed by atoms with van der Waals surface area (Å²) >= 11 is 0. The molecule has 1 atom stereocenters. The van der Waals surface area contributed by atoms with Gasteiger partial charge in [0, 0.05) is 6.54 Å². The third-order valence-corrected chi connectivity index (χ3v) is 3.26. The smallest absolute Gasteiger partial charge is 0.408 e. The van der Waals surface area contributed by atoms with E-state index in [2.05, 4.69) is 10.6 Å². The largest absolute Gasteiger partial charge is 0.444 e. The Morgan fingerprint density at radius 3 is 2.05 bits per heavy atom. The van der Waals surface area contributed by atoms with Crippen molar-refractivity contribution in [3.05, 3.63) is 0 Å². The Morgan fingerprint density at radius 2 is 1.70 bits per heavy atom. The molecule has 0 fully saturated rings. The van der Waals surface area contributed by atoms with Crippen LogP contribution in [0.4, 0.5) is 13.6 Å². The predicted octanol–water partition coefficient (Wildman–Crippen LogP) is 3.31. The molecule has 1 unspecified atom stereocenters. The first kappa shape index (κ1) is 19.1. The standard InChI is InChI=1S/C14H28F2N2O2/c1-7-14(8-2,9-17-10(3)11(15)16)18-12(19)20-13(4,5)6/h10-11,17H,7-9H2,1-6H3,(H,18,19). The first-order valence-electron chi connectivity index (χ1n) is 7.08. The van der Waals surface area contributed by atoms with E-state index in [1.165, 1.54) is 6.92 Å². The maximum absolute atomic E-state index is 12.5. The Morgan fingerprint density at radius 1 is 1.20 bits per heavy atom. The lowest BCUT2D eigenvalue weighted by Gasteiger charge is -2.35. The molecule has 6 heteroatoms. The Hall–Kier alpha value is -0.910. The lowest BCUT2D eigenvalue weighted by atomic mass is 9.92. The molecule has 4 nitrogen and oxygen atoms in total. The maximum Gasteiger partial charge on any atom is 0.408 e. The van der Waals surface area contributed by atoms with Gasteiger partial charge in [-0.2, -0.15) is 0 Å². The van der Waals surface area contributed by atoms with Gasteiger partial charge in [0.25, 0.3) is 6.43 Å². The average molecular weight is 294 g/mol. The molecule has 0 rings (SSSR count). The Labute approximate surface area is 120 Å². The van der Waals surface area contributed by atoms with Crippen molar-refractivity contribution in [2.24, 2.45) is 0 Å². The number of ether oxygens (including phenoxy) is 1. The van der Waals surface area contributed by atoms with Gasteiger partial charge in [-0.25, -0.2) is 13.6 Å². The van der Waals surface area contributed by atoms with Gasteiger partial charge >= 0.3 is 6.09 Å². The number of rotatable bonds is 7. The third kappa shape index (κ3) is 7.03. The summed E-state index contributed by atoms with van der Waals surface area (Å²) in [5, 5.41) is 5.58. The molecule has 0 aliphatic carbocycles. The summed E-state index contributed by atoms with van der Waals surface area (Å²) in [5.41, 5.74) is -1.16. The lowest BCUT2D eigenvalue weighted by Crippen LogP contribution is -2.56. The molecule has 20 heavy (non-hydrogen) atoms.